The van der Waals surface area contributed by atoms with Crippen LogP contribution in [0.5, 0.6) is 0 Å². The van der Waals surface area contributed by atoms with Crippen molar-refractivity contribution in [1.29, 1.82) is 0 Å². The zero-order valence-electron chi connectivity index (χ0n) is 15.5. The predicted octanol–water partition coefficient (Wildman–Crippen LogP) is 1.98. The average Bonchev–Trinajstić information content (AvgIpc) is 3.11. The first kappa shape index (κ1) is 19.4. The highest BCUT2D eigenvalue weighted by molar-refractivity contribution is 5.92. The minimum Gasteiger partial charge on any atom is -0.334 e. The van der Waals surface area contributed by atoms with Crippen LogP contribution in [-0.2, 0) is 17.8 Å². The molecule has 1 aliphatic rings. The van der Waals surface area contributed by atoms with Crippen molar-refractivity contribution >= 4 is 11.6 Å². The Morgan fingerprint density at radius 1 is 1.15 bits per heavy atom. The number of carbonyl (C=O) groups is 1. The molecule has 2 heterocycles. The highest BCUT2D eigenvalue weighted by Crippen LogP contribution is 2.15. The molecule has 0 atom stereocenters. The van der Waals surface area contributed by atoms with E-state index in [1.165, 1.54) is 6.07 Å². The van der Waals surface area contributed by atoms with Crippen LogP contribution in [0.1, 0.15) is 12.7 Å². The zero-order valence-corrected chi connectivity index (χ0v) is 15.5. The largest absolute Gasteiger partial charge is 0.334 e. The van der Waals surface area contributed by atoms with Gasteiger partial charge in [-0.05, 0) is 12.1 Å². The van der Waals surface area contributed by atoms with Crippen molar-refractivity contribution in [3.05, 3.63) is 48.1 Å². The van der Waals surface area contributed by atoms with E-state index in [4.69, 9.17) is 0 Å². The zero-order chi connectivity index (χ0) is 19.2. The molecule has 0 radical (unpaired) electrons. The van der Waals surface area contributed by atoms with E-state index >= 15 is 0 Å². The van der Waals surface area contributed by atoms with Crippen LogP contribution in [0.25, 0.3) is 0 Å². The van der Waals surface area contributed by atoms with Crippen LogP contribution in [0, 0.1) is 11.6 Å². The highest BCUT2D eigenvalue weighted by atomic mass is 19.1. The summed E-state index contributed by atoms with van der Waals surface area (Å²) in [5, 5.41) is 2.51. The summed E-state index contributed by atoms with van der Waals surface area (Å²) in [5.74, 6) is -0.624. The fourth-order valence-electron chi connectivity index (χ4n) is 3.26. The van der Waals surface area contributed by atoms with E-state index in [2.05, 4.69) is 26.7 Å². The molecule has 1 aliphatic heterocycles. The van der Waals surface area contributed by atoms with Crippen LogP contribution in [0.4, 0.5) is 14.5 Å². The normalized spacial score (nSPS) is 15.8. The van der Waals surface area contributed by atoms with E-state index < -0.39 is 11.6 Å². The molecule has 1 fully saturated rings. The molecule has 0 spiro atoms. The van der Waals surface area contributed by atoms with Crippen molar-refractivity contribution in [3.63, 3.8) is 0 Å². The Labute approximate surface area is 157 Å². The maximum atomic E-state index is 13.6. The monoisotopic (exact) mass is 377 g/mol. The second-order valence-electron chi connectivity index (χ2n) is 6.68. The molecule has 27 heavy (non-hydrogen) atoms. The third-order valence-electron chi connectivity index (χ3n) is 4.81. The van der Waals surface area contributed by atoms with Gasteiger partial charge in [0.15, 0.2) is 0 Å². The number of imidazole rings is 1. The van der Waals surface area contributed by atoms with E-state index in [1.807, 2.05) is 17.3 Å². The van der Waals surface area contributed by atoms with Gasteiger partial charge in [0.05, 0.1) is 12.2 Å². The maximum Gasteiger partial charge on any atom is 0.238 e. The predicted molar refractivity (Wildman–Crippen MR) is 99.5 cm³/mol. The van der Waals surface area contributed by atoms with Gasteiger partial charge in [0.25, 0.3) is 0 Å². The Balaban J connectivity index is 1.40. The molecule has 2 aromatic rings. The summed E-state index contributed by atoms with van der Waals surface area (Å²) >= 11 is 0. The van der Waals surface area contributed by atoms with Gasteiger partial charge in [0.1, 0.15) is 17.5 Å². The number of nitrogens with zero attached hydrogens (tertiary/aromatic N) is 4. The summed E-state index contributed by atoms with van der Waals surface area (Å²) in [5.41, 5.74) is 0.00657. The van der Waals surface area contributed by atoms with Crippen molar-refractivity contribution in [1.82, 2.24) is 19.4 Å². The molecule has 0 aliphatic carbocycles. The van der Waals surface area contributed by atoms with E-state index in [9.17, 15) is 13.6 Å². The number of hydrogen-bond donors (Lipinski definition) is 1. The summed E-state index contributed by atoms with van der Waals surface area (Å²) in [6.07, 6.45) is 4.76. The number of piperazine rings is 1. The van der Waals surface area contributed by atoms with Gasteiger partial charge >= 0.3 is 0 Å². The van der Waals surface area contributed by atoms with E-state index in [0.29, 0.717) is 0 Å². The Morgan fingerprint density at radius 3 is 2.59 bits per heavy atom. The number of anilines is 1. The standard InChI is InChI=1S/C19H25F2N5O/c1-2-18-22-5-6-26(18)12-11-24-7-9-25(10-8-24)14-19(27)23-17-4-3-15(20)13-16(17)21/h3-6,13H,2,7-12,14H2,1H3,(H,23,27). The number of halogens is 2. The minimum atomic E-state index is -0.765. The van der Waals surface area contributed by atoms with Crippen molar-refractivity contribution in [3.8, 4) is 0 Å². The third kappa shape index (κ3) is 5.33. The highest BCUT2D eigenvalue weighted by Gasteiger charge is 2.19. The number of nitrogens with one attached hydrogen (secondary N) is 1. The molecule has 1 N–H and O–H groups in total. The molecule has 1 aromatic heterocycles. The summed E-state index contributed by atoms with van der Waals surface area (Å²) in [4.78, 5) is 20.9. The molecular formula is C19H25F2N5O. The van der Waals surface area contributed by atoms with Gasteiger partial charge in [-0.1, -0.05) is 6.92 Å². The smallest absolute Gasteiger partial charge is 0.238 e. The molecule has 0 saturated carbocycles. The van der Waals surface area contributed by atoms with Crippen molar-refractivity contribution in [2.75, 3.05) is 44.6 Å². The number of aromatic nitrogens is 2. The maximum absolute atomic E-state index is 13.6. The van der Waals surface area contributed by atoms with Gasteiger partial charge in [0, 0.05) is 64.1 Å². The Kier molecular flexibility index (Phi) is 6.52. The Bertz CT molecular complexity index is 771. The number of aryl methyl sites for hydroxylation is 1. The van der Waals surface area contributed by atoms with E-state index in [0.717, 1.165) is 63.6 Å². The van der Waals surface area contributed by atoms with Crippen LogP contribution in [-0.4, -0.2) is 64.5 Å². The quantitative estimate of drug-likeness (QED) is 0.802. The number of amides is 1. The number of benzene rings is 1. The fourth-order valence-corrected chi connectivity index (χ4v) is 3.26. The lowest BCUT2D eigenvalue weighted by atomic mass is 10.2. The first-order valence-corrected chi connectivity index (χ1v) is 9.24. The van der Waals surface area contributed by atoms with Gasteiger partial charge in [-0.2, -0.15) is 0 Å². The molecule has 1 saturated heterocycles. The first-order valence-electron chi connectivity index (χ1n) is 9.24. The van der Waals surface area contributed by atoms with Crippen LogP contribution in [0.15, 0.2) is 30.6 Å². The third-order valence-corrected chi connectivity index (χ3v) is 4.81. The molecule has 0 unspecified atom stereocenters. The molecule has 3 rings (SSSR count). The molecule has 1 amide bonds. The molecule has 6 nitrogen and oxygen atoms in total. The second-order valence-corrected chi connectivity index (χ2v) is 6.68. The molecule has 146 valence electrons. The van der Waals surface area contributed by atoms with E-state index in [1.54, 1.807) is 0 Å². The second kappa shape index (κ2) is 9.05. The number of hydrogen-bond acceptors (Lipinski definition) is 4. The van der Waals surface area contributed by atoms with Gasteiger partial charge in [-0.25, -0.2) is 13.8 Å². The van der Waals surface area contributed by atoms with Crippen molar-refractivity contribution < 1.29 is 13.6 Å². The van der Waals surface area contributed by atoms with Gasteiger partial charge < -0.3 is 9.88 Å². The van der Waals surface area contributed by atoms with Gasteiger partial charge in [0.2, 0.25) is 5.91 Å². The summed E-state index contributed by atoms with van der Waals surface area (Å²) in [6.45, 7) is 7.49. The molecular weight excluding hydrogens is 352 g/mol. The Hall–Kier alpha value is -2.32. The lowest BCUT2D eigenvalue weighted by molar-refractivity contribution is -0.117. The van der Waals surface area contributed by atoms with E-state index in [-0.39, 0.29) is 18.1 Å². The van der Waals surface area contributed by atoms with Gasteiger partial charge in [-0.15, -0.1) is 0 Å². The summed E-state index contributed by atoms with van der Waals surface area (Å²) in [7, 11) is 0. The topological polar surface area (TPSA) is 53.4 Å². The molecule has 8 heteroatoms. The summed E-state index contributed by atoms with van der Waals surface area (Å²) < 4.78 is 28.7. The summed E-state index contributed by atoms with van der Waals surface area (Å²) in [6, 6.07) is 3.13. The average molecular weight is 377 g/mol. The number of rotatable bonds is 7. The number of carbonyl (C=O) groups excluding carboxylic acids is 1. The molecule has 0 bridgehead atoms. The van der Waals surface area contributed by atoms with Crippen LogP contribution < -0.4 is 5.32 Å². The first-order chi connectivity index (χ1) is 13.0. The minimum absolute atomic E-state index is 0.00657. The molecule has 1 aromatic carbocycles. The lowest BCUT2D eigenvalue weighted by Crippen LogP contribution is -2.49. The van der Waals surface area contributed by atoms with Gasteiger partial charge in [-0.3, -0.25) is 14.6 Å². The van der Waals surface area contributed by atoms with Crippen LogP contribution >= 0.6 is 0 Å². The lowest BCUT2D eigenvalue weighted by Gasteiger charge is -2.34. The fraction of sp³-hybridized carbons (Fsp3) is 0.474. The van der Waals surface area contributed by atoms with Crippen LogP contribution in [0.3, 0.4) is 0 Å². The van der Waals surface area contributed by atoms with Crippen molar-refractivity contribution in [2.45, 2.75) is 19.9 Å². The Morgan fingerprint density at radius 2 is 1.89 bits per heavy atom. The van der Waals surface area contributed by atoms with Crippen molar-refractivity contribution in [2.24, 2.45) is 0 Å². The SMILES string of the molecule is CCc1nccn1CCN1CCN(CC(=O)Nc2ccc(F)cc2F)CC1. The van der Waals surface area contributed by atoms with Crippen LogP contribution in [0.2, 0.25) is 0 Å².